The van der Waals surface area contributed by atoms with Crippen LogP contribution in [0.25, 0.3) is 0 Å². The highest BCUT2D eigenvalue weighted by molar-refractivity contribution is 5.97. The Hall–Kier alpha value is -0.930. The molecule has 0 aromatic heterocycles. The summed E-state index contributed by atoms with van der Waals surface area (Å²) in [5.41, 5.74) is 0. The van der Waals surface area contributed by atoms with Gasteiger partial charge in [0.2, 0.25) is 0 Å². The summed E-state index contributed by atoms with van der Waals surface area (Å²) in [6.45, 7) is 3.19. The number of hydrogen-bond acceptors (Lipinski definition) is 3. The van der Waals surface area contributed by atoms with Crippen LogP contribution < -0.4 is 0 Å². The summed E-state index contributed by atoms with van der Waals surface area (Å²) < 4.78 is 5.23. The molecule has 3 nitrogen and oxygen atoms in total. The van der Waals surface area contributed by atoms with E-state index in [0.717, 1.165) is 26.3 Å². The second-order valence-electron chi connectivity index (χ2n) is 3.24. The zero-order valence-corrected chi connectivity index (χ0v) is 7.48. The Kier molecular flexibility index (Phi) is 2.57. The van der Waals surface area contributed by atoms with Crippen molar-refractivity contribution >= 4 is 5.78 Å². The molecule has 1 atom stereocenters. The molecule has 13 heavy (non-hydrogen) atoms. The van der Waals surface area contributed by atoms with Crippen LogP contribution in [0, 0.1) is 0 Å². The van der Waals surface area contributed by atoms with Crippen LogP contribution in [0.5, 0.6) is 0 Å². The van der Waals surface area contributed by atoms with Crippen LogP contribution in [0.4, 0.5) is 0 Å². The van der Waals surface area contributed by atoms with E-state index in [-0.39, 0.29) is 11.8 Å². The van der Waals surface area contributed by atoms with E-state index in [1.807, 2.05) is 12.2 Å². The Balaban J connectivity index is 2.02. The van der Waals surface area contributed by atoms with Crippen molar-refractivity contribution in [2.24, 2.45) is 0 Å². The van der Waals surface area contributed by atoms with Gasteiger partial charge in [-0.25, -0.2) is 0 Å². The molecule has 70 valence electrons. The van der Waals surface area contributed by atoms with Crippen molar-refractivity contribution in [1.29, 1.82) is 0 Å². The average Bonchev–Trinajstić information content (AvgIpc) is 2.20. The molecular formula is C10H13NO2. The molecule has 0 radical (unpaired) electrons. The lowest BCUT2D eigenvalue weighted by Crippen LogP contribution is -2.46. The zero-order valence-electron chi connectivity index (χ0n) is 7.48. The van der Waals surface area contributed by atoms with E-state index in [0.29, 0.717) is 0 Å². The van der Waals surface area contributed by atoms with Crippen molar-refractivity contribution in [2.45, 2.75) is 6.04 Å². The zero-order chi connectivity index (χ0) is 9.10. The minimum atomic E-state index is -0.0473. The summed E-state index contributed by atoms with van der Waals surface area (Å²) in [4.78, 5) is 13.6. The maximum Gasteiger partial charge on any atom is 0.176 e. The van der Waals surface area contributed by atoms with Gasteiger partial charge in [0.1, 0.15) is 0 Å². The normalized spacial score (nSPS) is 29.5. The van der Waals surface area contributed by atoms with E-state index in [1.54, 1.807) is 12.2 Å². The largest absolute Gasteiger partial charge is 0.379 e. The van der Waals surface area contributed by atoms with Gasteiger partial charge in [-0.2, -0.15) is 0 Å². The van der Waals surface area contributed by atoms with E-state index >= 15 is 0 Å². The molecular weight excluding hydrogens is 166 g/mol. The molecule has 0 amide bonds. The number of rotatable bonds is 1. The summed E-state index contributed by atoms with van der Waals surface area (Å²) in [5, 5.41) is 0. The van der Waals surface area contributed by atoms with E-state index in [1.165, 1.54) is 0 Å². The van der Waals surface area contributed by atoms with Crippen LogP contribution >= 0.6 is 0 Å². The Morgan fingerprint density at radius 3 is 2.77 bits per heavy atom. The molecule has 0 N–H and O–H groups in total. The van der Waals surface area contributed by atoms with Crippen LogP contribution in [0.2, 0.25) is 0 Å². The Bertz CT molecular complexity index is 252. The lowest BCUT2D eigenvalue weighted by atomic mass is 10.1. The molecule has 0 bridgehead atoms. The Morgan fingerprint density at radius 1 is 1.31 bits per heavy atom. The van der Waals surface area contributed by atoms with Gasteiger partial charge in [0.05, 0.1) is 19.3 Å². The highest BCUT2D eigenvalue weighted by Crippen LogP contribution is 2.10. The first kappa shape index (κ1) is 8.66. The molecule has 3 heteroatoms. The van der Waals surface area contributed by atoms with E-state index < -0.39 is 0 Å². The van der Waals surface area contributed by atoms with Crippen molar-refractivity contribution < 1.29 is 9.53 Å². The molecule has 1 aliphatic carbocycles. The van der Waals surface area contributed by atoms with Gasteiger partial charge in [-0.05, 0) is 6.08 Å². The van der Waals surface area contributed by atoms with Crippen molar-refractivity contribution in [3.63, 3.8) is 0 Å². The van der Waals surface area contributed by atoms with Crippen molar-refractivity contribution in [1.82, 2.24) is 4.90 Å². The van der Waals surface area contributed by atoms with E-state index in [9.17, 15) is 4.79 Å². The van der Waals surface area contributed by atoms with E-state index in [4.69, 9.17) is 4.74 Å². The average molecular weight is 179 g/mol. The third kappa shape index (κ3) is 1.87. The number of morpholine rings is 1. The van der Waals surface area contributed by atoms with Crippen LogP contribution in [-0.4, -0.2) is 43.0 Å². The first-order valence-electron chi connectivity index (χ1n) is 4.58. The summed E-state index contributed by atoms with van der Waals surface area (Å²) in [5.74, 6) is 0.185. The van der Waals surface area contributed by atoms with Crippen molar-refractivity contribution in [2.75, 3.05) is 26.3 Å². The quantitative estimate of drug-likeness (QED) is 0.583. The van der Waals surface area contributed by atoms with Crippen molar-refractivity contribution in [3.05, 3.63) is 24.3 Å². The lowest BCUT2D eigenvalue weighted by molar-refractivity contribution is -0.119. The molecule has 1 saturated heterocycles. The highest BCUT2D eigenvalue weighted by atomic mass is 16.5. The second kappa shape index (κ2) is 3.85. The maximum atomic E-state index is 11.5. The fourth-order valence-electron chi connectivity index (χ4n) is 1.67. The summed E-state index contributed by atoms with van der Waals surface area (Å²) in [6, 6.07) is -0.0473. The first-order valence-corrected chi connectivity index (χ1v) is 4.58. The number of carbonyl (C=O) groups is 1. The topological polar surface area (TPSA) is 29.5 Å². The third-order valence-corrected chi connectivity index (χ3v) is 2.40. The minimum Gasteiger partial charge on any atom is -0.379 e. The lowest BCUT2D eigenvalue weighted by Gasteiger charge is -2.31. The smallest absolute Gasteiger partial charge is 0.176 e. The minimum absolute atomic E-state index is 0.0473. The maximum absolute atomic E-state index is 11.5. The molecule has 1 fully saturated rings. The van der Waals surface area contributed by atoms with Crippen LogP contribution in [-0.2, 0) is 9.53 Å². The SMILES string of the molecule is O=C1C=CC=CC1N1CCOCC1. The molecule has 1 heterocycles. The van der Waals surface area contributed by atoms with E-state index in [2.05, 4.69) is 4.90 Å². The number of nitrogens with zero attached hydrogens (tertiary/aromatic N) is 1. The van der Waals surface area contributed by atoms with Gasteiger partial charge in [0.25, 0.3) is 0 Å². The summed E-state index contributed by atoms with van der Waals surface area (Å²) in [7, 11) is 0. The number of hydrogen-bond donors (Lipinski definition) is 0. The van der Waals surface area contributed by atoms with Gasteiger partial charge in [-0.1, -0.05) is 18.2 Å². The molecule has 2 aliphatic rings. The molecule has 0 spiro atoms. The van der Waals surface area contributed by atoms with Gasteiger partial charge in [-0.3, -0.25) is 9.69 Å². The first-order chi connectivity index (χ1) is 6.38. The van der Waals surface area contributed by atoms with Crippen LogP contribution in [0.3, 0.4) is 0 Å². The van der Waals surface area contributed by atoms with Gasteiger partial charge in [0, 0.05) is 13.1 Å². The Morgan fingerprint density at radius 2 is 2.08 bits per heavy atom. The summed E-state index contributed by atoms with van der Waals surface area (Å²) in [6.07, 6.45) is 7.31. The number of ketones is 1. The monoisotopic (exact) mass is 179 g/mol. The number of carbonyl (C=O) groups excluding carboxylic acids is 1. The van der Waals surface area contributed by atoms with Crippen molar-refractivity contribution in [3.8, 4) is 0 Å². The molecule has 0 aromatic carbocycles. The standard InChI is InChI=1S/C10H13NO2/c12-10-4-2-1-3-9(10)11-5-7-13-8-6-11/h1-4,9H,5-8H2. The summed E-state index contributed by atoms with van der Waals surface area (Å²) >= 11 is 0. The predicted molar refractivity (Wildman–Crippen MR) is 49.5 cm³/mol. The fourth-order valence-corrected chi connectivity index (χ4v) is 1.67. The van der Waals surface area contributed by atoms with Gasteiger partial charge < -0.3 is 4.74 Å². The molecule has 1 aliphatic heterocycles. The van der Waals surface area contributed by atoms with Crippen LogP contribution in [0.1, 0.15) is 0 Å². The number of ether oxygens (including phenoxy) is 1. The predicted octanol–water partition coefficient (Wildman–Crippen LogP) is 0.382. The third-order valence-electron chi connectivity index (χ3n) is 2.40. The molecule has 1 unspecified atom stereocenters. The Labute approximate surface area is 77.7 Å². The second-order valence-corrected chi connectivity index (χ2v) is 3.24. The number of allylic oxidation sites excluding steroid dienone is 2. The highest BCUT2D eigenvalue weighted by Gasteiger charge is 2.24. The van der Waals surface area contributed by atoms with Gasteiger partial charge in [-0.15, -0.1) is 0 Å². The molecule has 0 saturated carbocycles. The molecule has 0 aromatic rings. The fraction of sp³-hybridized carbons (Fsp3) is 0.500. The van der Waals surface area contributed by atoms with Crippen LogP contribution in [0.15, 0.2) is 24.3 Å². The van der Waals surface area contributed by atoms with Gasteiger partial charge in [0.15, 0.2) is 5.78 Å². The molecule has 2 rings (SSSR count). The van der Waals surface area contributed by atoms with Gasteiger partial charge >= 0.3 is 0 Å².